The Morgan fingerprint density at radius 3 is 1.97 bits per heavy atom. The smallest absolute Gasteiger partial charge is 0.312 e. The third-order valence-corrected chi connectivity index (χ3v) is 5.21. The highest BCUT2D eigenvalue weighted by Crippen LogP contribution is 2.37. The van der Waals surface area contributed by atoms with Crippen LogP contribution < -0.4 is 10.2 Å². The number of carbonyl (C=O) groups excluding carboxylic acids is 1. The van der Waals surface area contributed by atoms with Crippen LogP contribution in [0.25, 0.3) is 0 Å². The van der Waals surface area contributed by atoms with E-state index in [1.807, 2.05) is 0 Å². The maximum absolute atomic E-state index is 12.6. The van der Waals surface area contributed by atoms with E-state index in [0.717, 1.165) is 29.5 Å². The third-order valence-electron chi connectivity index (χ3n) is 4.02. The first-order valence-corrected chi connectivity index (χ1v) is 13.1. The Bertz CT molecular complexity index is 1080. The zero-order chi connectivity index (χ0) is 26.1. The number of hydrogen-bond donors (Lipinski definition) is 2. The monoisotopic (exact) mass is 528 g/mol. The van der Waals surface area contributed by atoms with Crippen molar-refractivity contribution in [1.82, 2.24) is 5.32 Å². The summed E-state index contributed by atoms with van der Waals surface area (Å²) in [6.07, 6.45) is 1.63. The number of hydrogen-bond acceptors (Lipinski definition) is 13. The van der Waals surface area contributed by atoms with Gasteiger partial charge < -0.3 is 15.3 Å². The summed E-state index contributed by atoms with van der Waals surface area (Å²) in [5, 5.41) is 34.5. The zero-order valence-electron chi connectivity index (χ0n) is 18.2. The van der Waals surface area contributed by atoms with Crippen molar-refractivity contribution in [3.63, 3.8) is 0 Å². The van der Waals surface area contributed by atoms with Crippen molar-refractivity contribution in [3.8, 4) is 0 Å². The lowest BCUT2D eigenvalue weighted by Gasteiger charge is -2.24. The SMILES string of the molecule is CS(=O)(=O)OCCN(CCOS(C)(=O)=O)c1ccc([N+](=O)[O-])c(C(=O)NCCCO)c1[N+](=O)[O-]. The predicted molar refractivity (Wildman–Crippen MR) is 118 cm³/mol. The molecule has 18 heteroatoms. The molecule has 0 radical (unpaired) electrons. The van der Waals surface area contributed by atoms with E-state index < -0.39 is 66.1 Å². The molecule has 0 saturated heterocycles. The fraction of sp³-hybridized carbons (Fsp3) is 0.562. The van der Waals surface area contributed by atoms with Crippen LogP contribution in [-0.2, 0) is 28.6 Å². The van der Waals surface area contributed by atoms with Gasteiger partial charge in [-0.25, -0.2) is 0 Å². The molecular weight excluding hydrogens is 504 g/mol. The van der Waals surface area contributed by atoms with E-state index >= 15 is 0 Å². The molecule has 2 N–H and O–H groups in total. The Morgan fingerprint density at radius 1 is 1.03 bits per heavy atom. The fourth-order valence-electron chi connectivity index (χ4n) is 2.71. The number of rotatable bonds is 15. The summed E-state index contributed by atoms with van der Waals surface area (Å²) in [6, 6.07) is 1.83. The summed E-state index contributed by atoms with van der Waals surface area (Å²) in [6.45, 7) is -2.14. The summed E-state index contributed by atoms with van der Waals surface area (Å²) in [7, 11) is -7.77. The summed E-state index contributed by atoms with van der Waals surface area (Å²) in [4.78, 5) is 35.1. The summed E-state index contributed by atoms with van der Waals surface area (Å²) in [5.41, 5.74) is -3.04. The molecule has 0 saturated carbocycles. The van der Waals surface area contributed by atoms with Gasteiger partial charge in [0.25, 0.3) is 31.8 Å². The predicted octanol–water partition coefficient (Wildman–Crippen LogP) is -0.626. The Balaban J connectivity index is 3.54. The van der Waals surface area contributed by atoms with Crippen LogP contribution in [0.5, 0.6) is 0 Å². The van der Waals surface area contributed by atoms with E-state index in [1.165, 1.54) is 0 Å². The molecule has 0 atom stereocenters. The normalized spacial score (nSPS) is 11.7. The van der Waals surface area contributed by atoms with Crippen LogP contribution >= 0.6 is 0 Å². The van der Waals surface area contributed by atoms with Crippen LogP contribution in [0.15, 0.2) is 12.1 Å². The van der Waals surface area contributed by atoms with Crippen LogP contribution in [0.3, 0.4) is 0 Å². The first-order chi connectivity index (χ1) is 15.7. The van der Waals surface area contributed by atoms with E-state index in [2.05, 4.69) is 13.7 Å². The van der Waals surface area contributed by atoms with Gasteiger partial charge in [-0.2, -0.15) is 16.8 Å². The number of aliphatic hydroxyl groups excluding tert-OH is 1. The number of anilines is 1. The Hall–Kier alpha value is -2.93. The molecule has 0 bridgehead atoms. The molecule has 0 aliphatic carbocycles. The lowest BCUT2D eigenvalue weighted by Crippen LogP contribution is -2.33. The average molecular weight is 529 g/mol. The second-order valence-electron chi connectivity index (χ2n) is 6.71. The van der Waals surface area contributed by atoms with E-state index in [1.54, 1.807) is 0 Å². The van der Waals surface area contributed by atoms with Gasteiger partial charge in [0.15, 0.2) is 5.56 Å². The van der Waals surface area contributed by atoms with Crippen LogP contribution in [0.1, 0.15) is 16.8 Å². The molecule has 1 aromatic carbocycles. The van der Waals surface area contributed by atoms with Gasteiger partial charge in [0.05, 0.1) is 35.6 Å². The fourth-order valence-corrected chi connectivity index (χ4v) is 3.46. The maximum atomic E-state index is 12.6. The minimum atomic E-state index is -3.89. The van der Waals surface area contributed by atoms with Gasteiger partial charge in [0.1, 0.15) is 5.69 Å². The van der Waals surface area contributed by atoms with Gasteiger partial charge in [0, 0.05) is 32.3 Å². The summed E-state index contributed by atoms with van der Waals surface area (Å²) in [5.74, 6) is -1.14. The van der Waals surface area contributed by atoms with Crippen molar-refractivity contribution < 1.29 is 44.9 Å². The number of carbonyl (C=O) groups is 1. The highest BCUT2D eigenvalue weighted by atomic mass is 32.2. The van der Waals surface area contributed by atoms with Gasteiger partial charge in [-0.3, -0.25) is 33.4 Å². The number of amides is 1. The largest absolute Gasteiger partial charge is 0.396 e. The van der Waals surface area contributed by atoms with Crippen molar-refractivity contribution >= 4 is 43.2 Å². The Kier molecular flexibility index (Phi) is 10.7. The van der Waals surface area contributed by atoms with Crippen molar-refractivity contribution in [2.75, 3.05) is 56.9 Å². The number of aliphatic hydroxyl groups is 1. The molecular formula is C16H24N4O12S2. The number of nitro groups is 2. The first kappa shape index (κ1) is 29.1. The topological polar surface area (TPSA) is 226 Å². The van der Waals surface area contributed by atoms with Crippen molar-refractivity contribution in [1.29, 1.82) is 0 Å². The molecule has 1 rings (SSSR count). The van der Waals surface area contributed by atoms with E-state index in [0.29, 0.717) is 0 Å². The standard InChI is InChI=1S/C16H24N4O12S2/c1-33(27,28)31-10-7-18(8-11-32-34(2,29)30)13-5-4-12(19(23)24)14(15(13)20(25)26)16(22)17-6-3-9-21/h4-5,21H,3,6-11H2,1-2H3,(H,17,22). The molecule has 192 valence electrons. The minimum Gasteiger partial charge on any atom is -0.396 e. The number of nitro benzene ring substituents is 2. The van der Waals surface area contributed by atoms with Crippen LogP contribution in [0.4, 0.5) is 17.1 Å². The number of nitrogens with one attached hydrogen (secondary N) is 1. The maximum Gasteiger partial charge on any atom is 0.312 e. The molecule has 1 aromatic rings. The molecule has 0 spiro atoms. The van der Waals surface area contributed by atoms with Gasteiger partial charge >= 0.3 is 5.69 Å². The van der Waals surface area contributed by atoms with E-state index in [9.17, 15) is 41.9 Å². The molecule has 0 unspecified atom stereocenters. The summed E-state index contributed by atoms with van der Waals surface area (Å²) < 4.78 is 54.3. The van der Waals surface area contributed by atoms with Crippen molar-refractivity contribution in [2.45, 2.75) is 6.42 Å². The van der Waals surface area contributed by atoms with Crippen molar-refractivity contribution in [3.05, 3.63) is 37.9 Å². The molecule has 16 nitrogen and oxygen atoms in total. The van der Waals surface area contributed by atoms with Crippen LogP contribution in [0, 0.1) is 20.2 Å². The average Bonchev–Trinajstić information content (AvgIpc) is 2.69. The van der Waals surface area contributed by atoms with Crippen LogP contribution in [-0.4, -0.2) is 89.7 Å². The molecule has 0 aliphatic heterocycles. The lowest BCUT2D eigenvalue weighted by molar-refractivity contribution is -0.394. The van der Waals surface area contributed by atoms with Gasteiger partial charge in [0.2, 0.25) is 0 Å². The van der Waals surface area contributed by atoms with Gasteiger partial charge in [-0.15, -0.1) is 0 Å². The Labute approximate surface area is 195 Å². The van der Waals surface area contributed by atoms with E-state index in [4.69, 9.17) is 5.11 Å². The number of benzene rings is 1. The molecule has 34 heavy (non-hydrogen) atoms. The highest BCUT2D eigenvalue weighted by molar-refractivity contribution is 7.86. The quantitative estimate of drug-likeness (QED) is 0.125. The Morgan fingerprint density at radius 2 is 1.56 bits per heavy atom. The zero-order valence-corrected chi connectivity index (χ0v) is 19.8. The minimum absolute atomic E-state index is 0.0881. The molecule has 1 amide bonds. The summed E-state index contributed by atoms with van der Waals surface area (Å²) >= 11 is 0. The van der Waals surface area contributed by atoms with E-state index in [-0.39, 0.29) is 38.3 Å². The van der Waals surface area contributed by atoms with Gasteiger partial charge in [-0.05, 0) is 12.5 Å². The second-order valence-corrected chi connectivity index (χ2v) is 10.0. The molecule has 0 aromatic heterocycles. The molecule has 0 aliphatic rings. The third kappa shape index (κ3) is 9.51. The molecule has 0 heterocycles. The van der Waals surface area contributed by atoms with Crippen LogP contribution in [0.2, 0.25) is 0 Å². The lowest BCUT2D eigenvalue weighted by atomic mass is 10.1. The second kappa shape index (κ2) is 12.5. The van der Waals surface area contributed by atoms with Crippen molar-refractivity contribution in [2.24, 2.45) is 0 Å². The van der Waals surface area contributed by atoms with Gasteiger partial charge in [-0.1, -0.05) is 0 Å². The number of nitrogens with zero attached hydrogens (tertiary/aromatic N) is 3. The first-order valence-electron chi connectivity index (χ1n) is 9.46. The highest BCUT2D eigenvalue weighted by Gasteiger charge is 2.35. The molecule has 0 fully saturated rings.